The fraction of sp³-hybridized carbons (Fsp3) is 0.429. The van der Waals surface area contributed by atoms with Crippen molar-refractivity contribution in [1.82, 2.24) is 9.55 Å². The third kappa shape index (κ3) is 3.24. The van der Waals surface area contributed by atoms with E-state index in [9.17, 15) is 4.79 Å². The molecule has 0 aliphatic heterocycles. The summed E-state index contributed by atoms with van der Waals surface area (Å²) in [7, 11) is 0. The molecule has 2 aromatic rings. The Morgan fingerprint density at radius 2 is 2.05 bits per heavy atom. The van der Waals surface area contributed by atoms with Gasteiger partial charge in [-0.1, -0.05) is 32.9 Å². The van der Waals surface area contributed by atoms with Gasteiger partial charge >= 0.3 is 5.97 Å². The third-order valence-electron chi connectivity index (χ3n) is 2.72. The number of carbonyl (C=O) groups is 1. The van der Waals surface area contributed by atoms with Gasteiger partial charge in [-0.25, -0.2) is 4.98 Å². The van der Waals surface area contributed by atoms with Crippen molar-refractivity contribution in [2.75, 3.05) is 11.9 Å². The van der Waals surface area contributed by atoms with Crippen molar-refractivity contribution < 1.29 is 9.90 Å². The van der Waals surface area contributed by atoms with E-state index in [-0.39, 0.29) is 12.0 Å². The Morgan fingerprint density at radius 3 is 2.68 bits per heavy atom. The standard InChI is InChI=1S/C14H19N3O2/c1-14(2,3)9-15-13-16-10-6-4-5-7-11(10)17(13)8-12(18)19/h4-7H,8-9H2,1-3H3,(H,15,16)(H,18,19). The van der Waals surface area contributed by atoms with E-state index in [2.05, 4.69) is 31.1 Å². The molecule has 2 N–H and O–H groups in total. The Morgan fingerprint density at radius 1 is 1.37 bits per heavy atom. The number of para-hydroxylation sites is 2. The average Bonchev–Trinajstić information content (AvgIpc) is 2.64. The summed E-state index contributed by atoms with van der Waals surface area (Å²) in [6.45, 7) is 6.99. The van der Waals surface area contributed by atoms with Crippen molar-refractivity contribution in [1.29, 1.82) is 0 Å². The molecule has 0 aliphatic carbocycles. The van der Waals surface area contributed by atoms with Crippen molar-refractivity contribution in [2.45, 2.75) is 27.3 Å². The van der Waals surface area contributed by atoms with E-state index in [1.165, 1.54) is 0 Å². The maximum absolute atomic E-state index is 11.0. The lowest BCUT2D eigenvalue weighted by Gasteiger charge is -2.19. The lowest BCUT2D eigenvalue weighted by molar-refractivity contribution is -0.137. The van der Waals surface area contributed by atoms with Gasteiger partial charge in [-0.05, 0) is 17.5 Å². The van der Waals surface area contributed by atoms with Gasteiger partial charge in [-0.15, -0.1) is 0 Å². The number of fused-ring (bicyclic) bond motifs is 1. The first-order valence-electron chi connectivity index (χ1n) is 6.28. The van der Waals surface area contributed by atoms with Crippen molar-refractivity contribution in [3.63, 3.8) is 0 Å². The zero-order valence-electron chi connectivity index (χ0n) is 11.5. The number of hydrogen-bond acceptors (Lipinski definition) is 3. The lowest BCUT2D eigenvalue weighted by atomic mass is 9.97. The number of nitrogens with zero attached hydrogens (tertiary/aromatic N) is 2. The zero-order chi connectivity index (χ0) is 14.0. The fourth-order valence-corrected chi connectivity index (χ4v) is 1.85. The molecule has 1 heterocycles. The first-order chi connectivity index (χ1) is 8.87. The van der Waals surface area contributed by atoms with Crippen LogP contribution in [0.15, 0.2) is 24.3 Å². The quantitative estimate of drug-likeness (QED) is 0.887. The van der Waals surface area contributed by atoms with Crippen LogP contribution >= 0.6 is 0 Å². The summed E-state index contributed by atoms with van der Waals surface area (Å²) >= 11 is 0. The van der Waals surface area contributed by atoms with Gasteiger partial charge in [-0.2, -0.15) is 0 Å². The van der Waals surface area contributed by atoms with Crippen LogP contribution in [0.5, 0.6) is 0 Å². The first kappa shape index (κ1) is 13.4. The molecule has 1 aromatic carbocycles. The monoisotopic (exact) mass is 261 g/mol. The van der Waals surface area contributed by atoms with Crippen LogP contribution in [0.1, 0.15) is 20.8 Å². The second kappa shape index (κ2) is 4.91. The Kier molecular flexibility index (Phi) is 3.46. The summed E-state index contributed by atoms with van der Waals surface area (Å²) in [5.41, 5.74) is 1.74. The third-order valence-corrected chi connectivity index (χ3v) is 2.72. The number of anilines is 1. The number of rotatable bonds is 4. The lowest BCUT2D eigenvalue weighted by Crippen LogP contribution is -2.22. The average molecular weight is 261 g/mol. The Balaban J connectivity index is 2.38. The smallest absolute Gasteiger partial charge is 0.323 e. The number of carboxylic acids is 1. The second-order valence-corrected chi connectivity index (χ2v) is 5.82. The number of imidazole rings is 1. The van der Waals surface area contributed by atoms with Gasteiger partial charge in [0.2, 0.25) is 5.95 Å². The highest BCUT2D eigenvalue weighted by atomic mass is 16.4. The molecule has 19 heavy (non-hydrogen) atoms. The van der Waals surface area contributed by atoms with Crippen LogP contribution in [0.25, 0.3) is 11.0 Å². The maximum Gasteiger partial charge on any atom is 0.323 e. The first-order valence-corrected chi connectivity index (χ1v) is 6.28. The number of hydrogen-bond donors (Lipinski definition) is 2. The van der Waals surface area contributed by atoms with Gasteiger partial charge in [0.1, 0.15) is 6.54 Å². The summed E-state index contributed by atoms with van der Waals surface area (Å²) in [6.07, 6.45) is 0. The summed E-state index contributed by atoms with van der Waals surface area (Å²) < 4.78 is 1.70. The van der Waals surface area contributed by atoms with Crippen molar-refractivity contribution in [3.05, 3.63) is 24.3 Å². The largest absolute Gasteiger partial charge is 0.480 e. The number of carboxylic acid groups (broad SMARTS) is 1. The summed E-state index contributed by atoms with van der Waals surface area (Å²) in [6, 6.07) is 7.55. The Labute approximate surface area is 112 Å². The van der Waals surface area contributed by atoms with Crippen LogP contribution in [0.2, 0.25) is 0 Å². The zero-order valence-corrected chi connectivity index (χ0v) is 11.5. The molecule has 2 rings (SSSR count). The van der Waals surface area contributed by atoms with E-state index in [0.29, 0.717) is 5.95 Å². The van der Waals surface area contributed by atoms with Crippen molar-refractivity contribution in [3.8, 4) is 0 Å². The molecule has 0 spiro atoms. The molecule has 0 bridgehead atoms. The van der Waals surface area contributed by atoms with Gasteiger partial charge in [0, 0.05) is 6.54 Å². The maximum atomic E-state index is 11.0. The van der Waals surface area contributed by atoms with Crippen molar-refractivity contribution in [2.24, 2.45) is 5.41 Å². The molecule has 5 nitrogen and oxygen atoms in total. The summed E-state index contributed by atoms with van der Waals surface area (Å²) in [5.74, 6) is -0.263. The number of benzene rings is 1. The van der Waals surface area contributed by atoms with E-state index in [4.69, 9.17) is 5.11 Å². The number of aromatic nitrogens is 2. The minimum atomic E-state index is -0.873. The molecule has 5 heteroatoms. The molecule has 0 fully saturated rings. The van der Waals surface area contributed by atoms with Crippen LogP contribution in [0.4, 0.5) is 5.95 Å². The molecular weight excluding hydrogens is 242 g/mol. The van der Waals surface area contributed by atoms with Crippen LogP contribution in [-0.4, -0.2) is 27.2 Å². The van der Waals surface area contributed by atoms with E-state index in [1.807, 2.05) is 24.3 Å². The van der Waals surface area contributed by atoms with Gasteiger partial charge in [0.25, 0.3) is 0 Å². The normalized spacial score (nSPS) is 11.7. The number of aliphatic carboxylic acids is 1. The molecule has 0 radical (unpaired) electrons. The van der Waals surface area contributed by atoms with E-state index in [0.717, 1.165) is 17.6 Å². The van der Waals surface area contributed by atoms with E-state index < -0.39 is 5.97 Å². The molecule has 0 saturated heterocycles. The molecule has 0 saturated carbocycles. The Hall–Kier alpha value is -2.04. The topological polar surface area (TPSA) is 67.2 Å². The predicted octanol–water partition coefficient (Wildman–Crippen LogP) is 2.58. The molecule has 0 atom stereocenters. The van der Waals surface area contributed by atoms with Crippen LogP contribution < -0.4 is 5.32 Å². The highest BCUT2D eigenvalue weighted by Crippen LogP contribution is 2.21. The van der Waals surface area contributed by atoms with Crippen LogP contribution in [-0.2, 0) is 11.3 Å². The molecule has 0 amide bonds. The highest BCUT2D eigenvalue weighted by Gasteiger charge is 2.15. The van der Waals surface area contributed by atoms with Gasteiger partial charge < -0.3 is 10.4 Å². The van der Waals surface area contributed by atoms with Gasteiger partial charge in [0.15, 0.2) is 0 Å². The van der Waals surface area contributed by atoms with E-state index >= 15 is 0 Å². The minimum Gasteiger partial charge on any atom is -0.480 e. The molecule has 102 valence electrons. The predicted molar refractivity (Wildman–Crippen MR) is 75.3 cm³/mol. The number of nitrogens with one attached hydrogen (secondary N) is 1. The summed E-state index contributed by atoms with van der Waals surface area (Å²) in [5, 5.41) is 12.3. The molecule has 0 unspecified atom stereocenters. The fourth-order valence-electron chi connectivity index (χ4n) is 1.85. The molecule has 1 aromatic heterocycles. The SMILES string of the molecule is CC(C)(C)CNc1nc2ccccc2n1CC(=O)O. The Bertz CT molecular complexity index is 596. The van der Waals surface area contributed by atoms with Gasteiger partial charge in [-0.3, -0.25) is 9.36 Å². The molecular formula is C14H19N3O2. The second-order valence-electron chi connectivity index (χ2n) is 5.82. The molecule has 0 aliphatic rings. The van der Waals surface area contributed by atoms with Crippen LogP contribution in [0, 0.1) is 5.41 Å². The highest BCUT2D eigenvalue weighted by molar-refractivity contribution is 5.81. The summed E-state index contributed by atoms with van der Waals surface area (Å²) in [4.78, 5) is 15.4. The van der Waals surface area contributed by atoms with E-state index in [1.54, 1.807) is 4.57 Å². The van der Waals surface area contributed by atoms with Gasteiger partial charge in [0.05, 0.1) is 11.0 Å². The minimum absolute atomic E-state index is 0.0903. The van der Waals surface area contributed by atoms with Crippen molar-refractivity contribution >= 4 is 23.0 Å². The van der Waals surface area contributed by atoms with Crippen LogP contribution in [0.3, 0.4) is 0 Å².